The van der Waals surface area contributed by atoms with Gasteiger partial charge in [-0.2, -0.15) is 0 Å². The van der Waals surface area contributed by atoms with E-state index in [1.165, 1.54) is 83.6 Å². The highest BCUT2D eigenvalue weighted by molar-refractivity contribution is 5.05. The Labute approximate surface area is 107 Å². The van der Waals surface area contributed by atoms with E-state index in [1.807, 2.05) is 0 Å². The predicted octanol–water partition coefficient (Wildman–Crippen LogP) is 4.27. The van der Waals surface area contributed by atoms with Crippen molar-refractivity contribution in [3.8, 4) is 0 Å². The summed E-state index contributed by atoms with van der Waals surface area (Å²) >= 11 is 0. The Morgan fingerprint density at radius 3 is 2.00 bits per heavy atom. The molecule has 1 N–H and O–H groups in total. The van der Waals surface area contributed by atoms with E-state index in [2.05, 4.69) is 5.32 Å². The lowest BCUT2D eigenvalue weighted by Crippen LogP contribution is -2.52. The van der Waals surface area contributed by atoms with Crippen LogP contribution < -0.4 is 5.32 Å². The summed E-state index contributed by atoms with van der Waals surface area (Å²) in [5, 5.41) is 4.05. The summed E-state index contributed by atoms with van der Waals surface area (Å²) in [6.07, 6.45) is 17.9. The number of hydrogen-bond donors (Lipinski definition) is 1. The molecule has 0 aromatic rings. The first-order valence-corrected chi connectivity index (χ1v) is 8.17. The summed E-state index contributed by atoms with van der Waals surface area (Å²) in [5.41, 5.74) is 0.584. The molecule has 3 fully saturated rings. The second kappa shape index (κ2) is 5.30. The van der Waals surface area contributed by atoms with Gasteiger partial charge in [-0.3, -0.25) is 0 Å². The van der Waals surface area contributed by atoms with Gasteiger partial charge in [0.05, 0.1) is 0 Å². The Hall–Kier alpha value is -0.0400. The van der Waals surface area contributed by atoms with Crippen LogP contribution in [0, 0.1) is 11.8 Å². The van der Waals surface area contributed by atoms with Gasteiger partial charge < -0.3 is 5.32 Å². The van der Waals surface area contributed by atoms with Gasteiger partial charge in [-0.15, -0.1) is 0 Å². The third kappa shape index (κ3) is 2.54. The van der Waals surface area contributed by atoms with Gasteiger partial charge in [0, 0.05) is 5.54 Å². The fourth-order valence-electron chi connectivity index (χ4n) is 4.55. The molecule has 0 aromatic carbocycles. The van der Waals surface area contributed by atoms with E-state index >= 15 is 0 Å². The highest BCUT2D eigenvalue weighted by Crippen LogP contribution is 2.50. The molecule has 0 aromatic heterocycles. The first-order chi connectivity index (χ1) is 8.42. The summed E-state index contributed by atoms with van der Waals surface area (Å²) in [7, 11) is 0. The minimum Gasteiger partial charge on any atom is -0.311 e. The first kappa shape index (κ1) is 12.0. The van der Waals surface area contributed by atoms with E-state index in [0.717, 1.165) is 11.8 Å². The Morgan fingerprint density at radius 2 is 1.29 bits per heavy atom. The molecule has 1 heteroatoms. The van der Waals surface area contributed by atoms with Gasteiger partial charge in [0.2, 0.25) is 0 Å². The van der Waals surface area contributed by atoms with Gasteiger partial charge >= 0.3 is 0 Å². The second-order valence-corrected chi connectivity index (χ2v) is 6.74. The monoisotopic (exact) mass is 235 g/mol. The lowest BCUT2D eigenvalue weighted by Gasteiger charge is -2.42. The average Bonchev–Trinajstić information content (AvgIpc) is 3.19. The molecule has 17 heavy (non-hydrogen) atoms. The summed E-state index contributed by atoms with van der Waals surface area (Å²) in [5.74, 6) is 2.05. The van der Waals surface area contributed by atoms with Crippen molar-refractivity contribution >= 4 is 0 Å². The van der Waals surface area contributed by atoms with E-state index in [0.29, 0.717) is 5.54 Å². The number of hydrogen-bond acceptors (Lipinski definition) is 1. The molecule has 98 valence electrons. The summed E-state index contributed by atoms with van der Waals surface area (Å²) in [4.78, 5) is 0. The van der Waals surface area contributed by atoms with Crippen LogP contribution in [-0.2, 0) is 0 Å². The highest BCUT2D eigenvalue weighted by atomic mass is 15.0. The minimum atomic E-state index is 0.584. The minimum absolute atomic E-state index is 0.584. The molecule has 0 spiro atoms. The summed E-state index contributed by atoms with van der Waals surface area (Å²) in [6.45, 7) is 1.30. The third-order valence-electron chi connectivity index (χ3n) is 5.61. The lowest BCUT2D eigenvalue weighted by molar-refractivity contribution is 0.151. The van der Waals surface area contributed by atoms with Crippen molar-refractivity contribution < 1.29 is 0 Å². The molecular formula is C16H29N. The third-order valence-corrected chi connectivity index (χ3v) is 5.61. The zero-order valence-electron chi connectivity index (χ0n) is 11.3. The van der Waals surface area contributed by atoms with E-state index in [9.17, 15) is 0 Å². The Bertz CT molecular complexity index is 228. The molecule has 0 bridgehead atoms. The predicted molar refractivity (Wildman–Crippen MR) is 73.1 cm³/mol. The van der Waals surface area contributed by atoms with Gasteiger partial charge in [0.25, 0.3) is 0 Å². The molecule has 1 saturated heterocycles. The topological polar surface area (TPSA) is 12.0 Å². The maximum Gasteiger partial charge on any atom is 0.0237 e. The summed E-state index contributed by atoms with van der Waals surface area (Å²) < 4.78 is 0. The van der Waals surface area contributed by atoms with Gasteiger partial charge in [0.15, 0.2) is 0 Å². The molecule has 1 aliphatic heterocycles. The molecule has 1 unspecified atom stereocenters. The molecule has 2 aliphatic carbocycles. The fourth-order valence-corrected chi connectivity index (χ4v) is 4.55. The Balaban J connectivity index is 1.76. The normalized spacial score (nSPS) is 37.4. The summed E-state index contributed by atoms with van der Waals surface area (Å²) in [6, 6.07) is 0. The van der Waals surface area contributed by atoms with Crippen LogP contribution in [-0.4, -0.2) is 12.1 Å². The van der Waals surface area contributed by atoms with Crippen LogP contribution in [0.3, 0.4) is 0 Å². The quantitative estimate of drug-likeness (QED) is 0.705. The standard InChI is InChI=1S/C16H29N/c1-2-5-9-14(8-4-1)16(15-10-11-15)12-6-3-7-13-17-16/h14-15,17H,1-13H2. The van der Waals surface area contributed by atoms with Crippen molar-refractivity contribution in [3.05, 3.63) is 0 Å². The average molecular weight is 235 g/mol. The van der Waals surface area contributed by atoms with Crippen LogP contribution in [0.5, 0.6) is 0 Å². The first-order valence-electron chi connectivity index (χ1n) is 8.17. The van der Waals surface area contributed by atoms with Crippen LogP contribution >= 0.6 is 0 Å². The molecular weight excluding hydrogens is 206 g/mol. The fraction of sp³-hybridized carbons (Fsp3) is 1.00. The maximum atomic E-state index is 4.05. The zero-order valence-corrected chi connectivity index (χ0v) is 11.3. The largest absolute Gasteiger partial charge is 0.311 e. The van der Waals surface area contributed by atoms with Crippen LogP contribution in [0.4, 0.5) is 0 Å². The Morgan fingerprint density at radius 1 is 0.647 bits per heavy atom. The maximum absolute atomic E-state index is 4.05. The molecule has 3 aliphatic rings. The van der Waals surface area contributed by atoms with Crippen LogP contribution in [0.2, 0.25) is 0 Å². The van der Waals surface area contributed by atoms with E-state index in [-0.39, 0.29) is 0 Å². The van der Waals surface area contributed by atoms with Gasteiger partial charge in [-0.25, -0.2) is 0 Å². The SMILES string of the molecule is C1CCCC(C2(C3CC3)CCCCCN2)CC1. The number of rotatable bonds is 2. The second-order valence-electron chi connectivity index (χ2n) is 6.74. The van der Waals surface area contributed by atoms with Crippen molar-refractivity contribution in [1.82, 2.24) is 5.32 Å². The van der Waals surface area contributed by atoms with Crippen molar-refractivity contribution in [2.24, 2.45) is 11.8 Å². The molecule has 3 rings (SSSR count). The smallest absolute Gasteiger partial charge is 0.0237 e. The molecule has 1 atom stereocenters. The van der Waals surface area contributed by atoms with Crippen molar-refractivity contribution in [2.75, 3.05) is 6.54 Å². The number of nitrogens with one attached hydrogen (secondary N) is 1. The highest BCUT2D eigenvalue weighted by Gasteiger charge is 2.49. The van der Waals surface area contributed by atoms with Crippen LogP contribution in [0.1, 0.15) is 77.0 Å². The van der Waals surface area contributed by atoms with Crippen LogP contribution in [0.15, 0.2) is 0 Å². The van der Waals surface area contributed by atoms with Gasteiger partial charge in [-0.1, -0.05) is 38.5 Å². The van der Waals surface area contributed by atoms with Gasteiger partial charge in [-0.05, 0) is 56.9 Å². The molecule has 0 amide bonds. The Kier molecular flexibility index (Phi) is 3.75. The van der Waals surface area contributed by atoms with Crippen molar-refractivity contribution in [1.29, 1.82) is 0 Å². The molecule has 1 nitrogen and oxygen atoms in total. The van der Waals surface area contributed by atoms with Crippen molar-refractivity contribution in [2.45, 2.75) is 82.6 Å². The van der Waals surface area contributed by atoms with Crippen LogP contribution in [0.25, 0.3) is 0 Å². The molecule has 1 heterocycles. The molecule has 2 saturated carbocycles. The van der Waals surface area contributed by atoms with E-state index < -0.39 is 0 Å². The molecule has 0 radical (unpaired) electrons. The van der Waals surface area contributed by atoms with E-state index in [4.69, 9.17) is 0 Å². The lowest BCUT2D eigenvalue weighted by atomic mass is 9.73. The van der Waals surface area contributed by atoms with E-state index in [1.54, 1.807) is 0 Å². The zero-order chi connectivity index (χ0) is 11.6. The van der Waals surface area contributed by atoms with Crippen molar-refractivity contribution in [3.63, 3.8) is 0 Å². The van der Waals surface area contributed by atoms with Gasteiger partial charge in [0.1, 0.15) is 0 Å².